The summed E-state index contributed by atoms with van der Waals surface area (Å²) < 4.78 is 53.2. The molecule has 28 heavy (non-hydrogen) atoms. The normalized spacial score (nSPS) is 16.3. The number of halogens is 1. The number of hydrogen-bond donors (Lipinski definition) is 2. The van der Waals surface area contributed by atoms with Crippen LogP contribution in [0.4, 0.5) is 0 Å². The summed E-state index contributed by atoms with van der Waals surface area (Å²) in [5.74, 6) is -0.0747. The molecule has 0 radical (unpaired) electrons. The molecule has 0 unspecified atom stereocenters. The van der Waals surface area contributed by atoms with Gasteiger partial charge in [-0.15, -0.1) is 0 Å². The molecule has 0 saturated carbocycles. The molecule has 8 nitrogen and oxygen atoms in total. The summed E-state index contributed by atoms with van der Waals surface area (Å²) in [4.78, 5) is 13.9. The second-order valence-electron chi connectivity index (χ2n) is 6.67. The van der Waals surface area contributed by atoms with E-state index in [0.717, 1.165) is 0 Å². The maximum atomic E-state index is 12.3. The Morgan fingerprint density at radius 2 is 1.82 bits per heavy atom. The first-order valence-corrected chi connectivity index (χ1v) is 12.7. The van der Waals surface area contributed by atoms with Crippen molar-refractivity contribution in [1.29, 1.82) is 0 Å². The van der Waals surface area contributed by atoms with Crippen molar-refractivity contribution in [3.05, 3.63) is 29.3 Å². The van der Waals surface area contributed by atoms with E-state index in [9.17, 15) is 21.6 Å². The molecule has 1 aromatic rings. The van der Waals surface area contributed by atoms with Gasteiger partial charge in [0.05, 0.1) is 10.8 Å². The molecule has 1 aliphatic rings. The fourth-order valence-electron chi connectivity index (χ4n) is 3.02. The highest BCUT2D eigenvalue weighted by Gasteiger charge is 2.26. The Balaban J connectivity index is 1.78. The van der Waals surface area contributed by atoms with Crippen molar-refractivity contribution in [1.82, 2.24) is 14.3 Å². The molecular weight excluding hydrogens is 426 g/mol. The standard InChI is InChI=1S/C17H26ClN3O5S2/c1-2-13-27(23,24)20-14-8-11-21(12-9-14)17(22)7-10-19-28(25,26)16-6-4-3-5-15(16)18/h3-6,14,19-20H,2,7-13H2,1H3. The van der Waals surface area contributed by atoms with E-state index >= 15 is 0 Å². The summed E-state index contributed by atoms with van der Waals surface area (Å²) in [7, 11) is -7.05. The first-order valence-electron chi connectivity index (χ1n) is 9.16. The second kappa shape index (κ2) is 10.0. The Bertz CT molecular complexity index is 882. The summed E-state index contributed by atoms with van der Waals surface area (Å²) in [6.45, 7) is 2.65. The Kier molecular flexibility index (Phi) is 8.26. The number of hydrogen-bond acceptors (Lipinski definition) is 5. The van der Waals surface area contributed by atoms with E-state index in [0.29, 0.717) is 32.4 Å². The van der Waals surface area contributed by atoms with E-state index < -0.39 is 20.0 Å². The number of carbonyl (C=O) groups is 1. The lowest BCUT2D eigenvalue weighted by Crippen LogP contribution is -2.47. The molecule has 158 valence electrons. The highest BCUT2D eigenvalue weighted by Crippen LogP contribution is 2.20. The zero-order valence-corrected chi connectivity index (χ0v) is 18.1. The lowest BCUT2D eigenvalue weighted by molar-refractivity contribution is -0.132. The number of nitrogens with one attached hydrogen (secondary N) is 2. The van der Waals surface area contributed by atoms with E-state index in [4.69, 9.17) is 11.6 Å². The van der Waals surface area contributed by atoms with Gasteiger partial charge < -0.3 is 4.90 Å². The lowest BCUT2D eigenvalue weighted by Gasteiger charge is -2.32. The molecule has 1 fully saturated rings. The van der Waals surface area contributed by atoms with Crippen LogP contribution in [0.25, 0.3) is 0 Å². The summed E-state index contributed by atoms with van der Waals surface area (Å²) in [6.07, 6.45) is 1.66. The van der Waals surface area contributed by atoms with Crippen LogP contribution in [0.3, 0.4) is 0 Å². The number of likely N-dealkylation sites (tertiary alicyclic amines) is 1. The molecule has 0 aromatic heterocycles. The molecule has 1 heterocycles. The first kappa shape index (κ1) is 23.1. The molecule has 1 aliphatic heterocycles. The molecular formula is C17H26ClN3O5S2. The van der Waals surface area contributed by atoms with Crippen LogP contribution in [0.1, 0.15) is 32.6 Å². The predicted octanol–water partition coefficient (Wildman–Crippen LogP) is 1.33. The molecule has 11 heteroatoms. The summed E-state index contributed by atoms with van der Waals surface area (Å²) in [5.41, 5.74) is 0. The van der Waals surface area contributed by atoms with Gasteiger partial charge in [-0.2, -0.15) is 0 Å². The highest BCUT2D eigenvalue weighted by molar-refractivity contribution is 7.89. The number of rotatable bonds is 9. The minimum atomic E-state index is -3.78. The monoisotopic (exact) mass is 451 g/mol. The highest BCUT2D eigenvalue weighted by atomic mass is 35.5. The maximum Gasteiger partial charge on any atom is 0.242 e. The summed E-state index contributed by atoms with van der Waals surface area (Å²) in [5, 5.41) is 0.119. The van der Waals surface area contributed by atoms with Gasteiger partial charge in [-0.05, 0) is 31.4 Å². The van der Waals surface area contributed by atoms with Crippen LogP contribution in [0.5, 0.6) is 0 Å². The van der Waals surface area contributed by atoms with E-state index in [1.54, 1.807) is 24.0 Å². The van der Waals surface area contributed by atoms with Gasteiger partial charge >= 0.3 is 0 Å². The largest absolute Gasteiger partial charge is 0.343 e. The van der Waals surface area contributed by atoms with E-state index in [2.05, 4.69) is 9.44 Å². The average Bonchev–Trinajstić information content (AvgIpc) is 2.62. The Labute approximate surface area is 171 Å². The molecule has 1 saturated heterocycles. The van der Waals surface area contributed by atoms with Gasteiger partial charge in [-0.25, -0.2) is 26.3 Å². The van der Waals surface area contributed by atoms with Gasteiger partial charge in [0.1, 0.15) is 4.90 Å². The fraction of sp³-hybridized carbons (Fsp3) is 0.588. The van der Waals surface area contributed by atoms with E-state index in [-0.39, 0.29) is 40.6 Å². The molecule has 2 rings (SSSR count). The predicted molar refractivity (Wildman–Crippen MR) is 108 cm³/mol. The van der Waals surface area contributed by atoms with Gasteiger partial charge in [0, 0.05) is 32.1 Å². The molecule has 1 amide bonds. The first-order chi connectivity index (χ1) is 13.1. The van der Waals surface area contributed by atoms with Crippen LogP contribution in [-0.4, -0.2) is 59.1 Å². The van der Waals surface area contributed by atoms with Crippen molar-refractivity contribution in [3.63, 3.8) is 0 Å². The van der Waals surface area contributed by atoms with E-state index in [1.807, 2.05) is 0 Å². The van der Waals surface area contributed by atoms with Crippen molar-refractivity contribution in [2.45, 2.75) is 43.5 Å². The van der Waals surface area contributed by atoms with Gasteiger partial charge in [0.15, 0.2) is 0 Å². The Hall–Kier alpha value is -1.20. The van der Waals surface area contributed by atoms with Crippen molar-refractivity contribution < 1.29 is 21.6 Å². The number of amides is 1. The number of benzene rings is 1. The molecule has 0 aliphatic carbocycles. The maximum absolute atomic E-state index is 12.3. The Morgan fingerprint density at radius 1 is 1.18 bits per heavy atom. The van der Waals surface area contributed by atoms with Gasteiger partial charge in [0.25, 0.3) is 0 Å². The third-order valence-electron chi connectivity index (χ3n) is 4.42. The number of carbonyl (C=O) groups excluding carboxylic acids is 1. The number of piperidine rings is 1. The molecule has 0 spiro atoms. The molecule has 0 atom stereocenters. The van der Waals surface area contributed by atoms with Gasteiger partial charge in [0.2, 0.25) is 26.0 Å². The molecule has 0 bridgehead atoms. The third kappa shape index (κ3) is 6.70. The zero-order chi connectivity index (χ0) is 20.8. The zero-order valence-electron chi connectivity index (χ0n) is 15.7. The topological polar surface area (TPSA) is 113 Å². The smallest absolute Gasteiger partial charge is 0.242 e. The Morgan fingerprint density at radius 3 is 2.43 bits per heavy atom. The van der Waals surface area contributed by atoms with Crippen LogP contribution in [-0.2, 0) is 24.8 Å². The van der Waals surface area contributed by atoms with Crippen LogP contribution >= 0.6 is 11.6 Å². The molecule has 1 aromatic carbocycles. The quantitative estimate of drug-likeness (QED) is 0.588. The molecule has 2 N–H and O–H groups in total. The van der Waals surface area contributed by atoms with Crippen molar-refractivity contribution in [2.24, 2.45) is 0 Å². The van der Waals surface area contributed by atoms with Crippen LogP contribution in [0.15, 0.2) is 29.2 Å². The van der Waals surface area contributed by atoms with E-state index in [1.165, 1.54) is 12.1 Å². The van der Waals surface area contributed by atoms with Crippen molar-refractivity contribution in [3.8, 4) is 0 Å². The van der Waals surface area contributed by atoms with Crippen LogP contribution < -0.4 is 9.44 Å². The average molecular weight is 452 g/mol. The van der Waals surface area contributed by atoms with Crippen LogP contribution in [0, 0.1) is 0 Å². The lowest BCUT2D eigenvalue weighted by atomic mass is 10.1. The van der Waals surface area contributed by atoms with Gasteiger partial charge in [-0.3, -0.25) is 4.79 Å². The summed E-state index contributed by atoms with van der Waals surface area (Å²) >= 11 is 5.91. The van der Waals surface area contributed by atoms with Crippen molar-refractivity contribution >= 4 is 37.6 Å². The fourth-order valence-corrected chi connectivity index (χ4v) is 5.97. The second-order valence-corrected chi connectivity index (χ2v) is 10.7. The SMILES string of the molecule is CCCS(=O)(=O)NC1CCN(C(=O)CCNS(=O)(=O)c2ccccc2Cl)CC1. The van der Waals surface area contributed by atoms with Crippen molar-refractivity contribution in [2.75, 3.05) is 25.4 Å². The minimum absolute atomic E-state index is 0.0237. The van der Waals surface area contributed by atoms with Crippen LogP contribution in [0.2, 0.25) is 5.02 Å². The third-order valence-corrected chi connectivity index (χ3v) is 8.02. The van der Waals surface area contributed by atoms with Gasteiger partial charge in [-0.1, -0.05) is 30.7 Å². The minimum Gasteiger partial charge on any atom is -0.343 e. The number of nitrogens with zero attached hydrogens (tertiary/aromatic N) is 1. The summed E-state index contributed by atoms with van der Waals surface area (Å²) in [6, 6.07) is 5.93. The number of sulfonamides is 2.